The summed E-state index contributed by atoms with van der Waals surface area (Å²) in [6, 6.07) is 10.8. The summed E-state index contributed by atoms with van der Waals surface area (Å²) < 4.78 is 34.7. The standard InChI is InChI=1S/C28H30F2N2O3/c1-4-31(5-2)16-8-9-20-12-15-23-25(17-20)32(19-27(34)35-6-3)22(18-26(23)33)14-13-21-10-7-11-24(29)28(21)30/h7,10-12,15,17-18H,4-6,13-14,16,19H2,1-3H3. The lowest BCUT2D eigenvalue weighted by atomic mass is 10.0. The molecule has 0 atom stereocenters. The van der Waals surface area contributed by atoms with Crippen LogP contribution in [0.25, 0.3) is 10.9 Å². The Morgan fingerprint density at radius 1 is 1.06 bits per heavy atom. The molecule has 0 aliphatic carbocycles. The molecule has 184 valence electrons. The number of benzene rings is 2. The summed E-state index contributed by atoms with van der Waals surface area (Å²) in [7, 11) is 0. The average Bonchev–Trinajstić information content (AvgIpc) is 2.85. The van der Waals surface area contributed by atoms with Crippen LogP contribution in [0.5, 0.6) is 0 Å². The molecule has 0 unspecified atom stereocenters. The molecule has 0 aliphatic rings. The highest BCUT2D eigenvalue weighted by atomic mass is 19.2. The summed E-state index contributed by atoms with van der Waals surface area (Å²) in [6.45, 7) is 8.41. The van der Waals surface area contributed by atoms with E-state index >= 15 is 0 Å². The number of pyridine rings is 1. The number of rotatable bonds is 9. The normalized spacial score (nSPS) is 10.9. The van der Waals surface area contributed by atoms with Gasteiger partial charge in [0.2, 0.25) is 0 Å². The molecule has 0 aliphatic heterocycles. The summed E-state index contributed by atoms with van der Waals surface area (Å²) in [6.07, 6.45) is 0.406. The van der Waals surface area contributed by atoms with Gasteiger partial charge < -0.3 is 9.30 Å². The van der Waals surface area contributed by atoms with Crippen molar-refractivity contribution >= 4 is 16.9 Å². The number of ether oxygens (including phenoxy) is 1. The van der Waals surface area contributed by atoms with Gasteiger partial charge in [-0.3, -0.25) is 14.5 Å². The van der Waals surface area contributed by atoms with Crippen LogP contribution >= 0.6 is 0 Å². The maximum absolute atomic E-state index is 14.2. The number of esters is 1. The Morgan fingerprint density at radius 3 is 2.54 bits per heavy atom. The number of hydrogen-bond acceptors (Lipinski definition) is 4. The van der Waals surface area contributed by atoms with Gasteiger partial charge in [0.1, 0.15) is 6.54 Å². The van der Waals surface area contributed by atoms with Gasteiger partial charge in [-0.15, -0.1) is 0 Å². The van der Waals surface area contributed by atoms with E-state index < -0.39 is 17.6 Å². The molecule has 0 amide bonds. The Morgan fingerprint density at radius 2 is 1.83 bits per heavy atom. The molecule has 35 heavy (non-hydrogen) atoms. The number of nitrogens with zero attached hydrogens (tertiary/aromatic N) is 2. The van der Waals surface area contributed by atoms with Crippen molar-refractivity contribution in [2.45, 2.75) is 40.2 Å². The molecule has 1 aromatic heterocycles. The minimum Gasteiger partial charge on any atom is -0.465 e. The smallest absolute Gasteiger partial charge is 0.325 e. The van der Waals surface area contributed by atoms with E-state index in [0.717, 1.165) is 24.7 Å². The molecular weight excluding hydrogens is 450 g/mol. The number of carbonyl (C=O) groups is 1. The first kappa shape index (κ1) is 26.1. The predicted octanol–water partition coefficient (Wildman–Crippen LogP) is 4.32. The molecule has 3 rings (SSSR count). The van der Waals surface area contributed by atoms with Gasteiger partial charge in [-0.25, -0.2) is 8.78 Å². The fraction of sp³-hybridized carbons (Fsp3) is 0.357. The van der Waals surface area contributed by atoms with Crippen molar-refractivity contribution in [2.75, 3.05) is 26.2 Å². The first-order valence-electron chi connectivity index (χ1n) is 11.8. The van der Waals surface area contributed by atoms with E-state index in [1.807, 2.05) is 0 Å². The molecule has 0 saturated heterocycles. The van der Waals surface area contributed by atoms with Crippen LogP contribution in [-0.4, -0.2) is 41.7 Å². The van der Waals surface area contributed by atoms with Crippen LogP contribution < -0.4 is 5.43 Å². The Hall–Kier alpha value is -3.50. The first-order valence-corrected chi connectivity index (χ1v) is 11.8. The zero-order chi connectivity index (χ0) is 25.4. The summed E-state index contributed by atoms with van der Waals surface area (Å²) in [4.78, 5) is 27.5. The predicted molar refractivity (Wildman–Crippen MR) is 133 cm³/mol. The van der Waals surface area contributed by atoms with Gasteiger partial charge in [0.25, 0.3) is 0 Å². The lowest BCUT2D eigenvalue weighted by molar-refractivity contribution is -0.143. The van der Waals surface area contributed by atoms with Gasteiger partial charge in [0, 0.05) is 22.7 Å². The van der Waals surface area contributed by atoms with Gasteiger partial charge in [-0.1, -0.05) is 37.8 Å². The van der Waals surface area contributed by atoms with Crippen LogP contribution in [0.15, 0.2) is 47.3 Å². The molecule has 0 saturated carbocycles. The van der Waals surface area contributed by atoms with Gasteiger partial charge in [-0.05, 0) is 62.7 Å². The molecule has 0 spiro atoms. The van der Waals surface area contributed by atoms with Gasteiger partial charge >= 0.3 is 5.97 Å². The minimum absolute atomic E-state index is 0.109. The number of carbonyl (C=O) groups excluding carboxylic acids is 1. The second-order valence-electron chi connectivity index (χ2n) is 8.10. The molecule has 0 bridgehead atoms. The van der Waals surface area contributed by atoms with E-state index in [-0.39, 0.29) is 37.0 Å². The van der Waals surface area contributed by atoms with Crippen molar-refractivity contribution in [2.24, 2.45) is 0 Å². The zero-order valence-electron chi connectivity index (χ0n) is 20.4. The molecule has 3 aromatic rings. The topological polar surface area (TPSA) is 51.5 Å². The van der Waals surface area contributed by atoms with E-state index in [1.54, 1.807) is 29.7 Å². The van der Waals surface area contributed by atoms with Crippen molar-refractivity contribution in [1.82, 2.24) is 9.47 Å². The summed E-state index contributed by atoms with van der Waals surface area (Å²) in [5.74, 6) is 4.02. The van der Waals surface area contributed by atoms with Crippen LogP contribution in [0.1, 0.15) is 37.6 Å². The molecule has 1 heterocycles. The van der Waals surface area contributed by atoms with E-state index in [2.05, 4.69) is 30.6 Å². The van der Waals surface area contributed by atoms with Crippen LogP contribution in [0.2, 0.25) is 0 Å². The fourth-order valence-corrected chi connectivity index (χ4v) is 3.94. The molecule has 0 radical (unpaired) electrons. The van der Waals surface area contributed by atoms with E-state index in [4.69, 9.17) is 4.74 Å². The van der Waals surface area contributed by atoms with Crippen molar-refractivity contribution in [3.8, 4) is 11.8 Å². The van der Waals surface area contributed by atoms with Crippen LogP contribution in [0, 0.1) is 23.5 Å². The molecule has 0 fully saturated rings. The number of hydrogen-bond donors (Lipinski definition) is 0. The first-order chi connectivity index (χ1) is 16.9. The molecule has 7 heteroatoms. The number of halogens is 2. The van der Waals surface area contributed by atoms with Crippen molar-refractivity contribution in [3.05, 3.63) is 81.1 Å². The highest BCUT2D eigenvalue weighted by Crippen LogP contribution is 2.19. The minimum atomic E-state index is -0.919. The highest BCUT2D eigenvalue weighted by molar-refractivity contribution is 5.82. The third-order valence-corrected chi connectivity index (χ3v) is 5.90. The third kappa shape index (κ3) is 6.55. The second-order valence-corrected chi connectivity index (χ2v) is 8.10. The van der Waals surface area contributed by atoms with Gasteiger partial charge in [0.15, 0.2) is 17.1 Å². The zero-order valence-corrected chi connectivity index (χ0v) is 20.4. The SMILES string of the molecule is CCOC(=O)Cn1c(CCc2cccc(F)c2F)cc(=O)c2ccc(C#CCN(CC)CC)cc21. The Balaban J connectivity index is 2.04. The van der Waals surface area contributed by atoms with Gasteiger partial charge in [-0.2, -0.15) is 0 Å². The van der Waals surface area contributed by atoms with Crippen LogP contribution in [0.4, 0.5) is 8.78 Å². The van der Waals surface area contributed by atoms with Crippen molar-refractivity contribution in [3.63, 3.8) is 0 Å². The number of aromatic nitrogens is 1. The summed E-state index contributed by atoms with van der Waals surface area (Å²) in [5, 5.41) is 0.448. The van der Waals surface area contributed by atoms with Crippen LogP contribution in [0.3, 0.4) is 0 Å². The monoisotopic (exact) mass is 480 g/mol. The van der Waals surface area contributed by atoms with E-state index in [0.29, 0.717) is 23.1 Å². The average molecular weight is 481 g/mol. The third-order valence-electron chi connectivity index (χ3n) is 5.90. The maximum Gasteiger partial charge on any atom is 0.325 e. The Bertz CT molecular complexity index is 1320. The second kappa shape index (κ2) is 12.3. The van der Waals surface area contributed by atoms with Crippen molar-refractivity contribution < 1.29 is 18.3 Å². The maximum atomic E-state index is 14.2. The number of fused-ring (bicyclic) bond motifs is 1. The van der Waals surface area contributed by atoms with E-state index in [1.165, 1.54) is 18.2 Å². The van der Waals surface area contributed by atoms with Crippen molar-refractivity contribution in [1.29, 1.82) is 0 Å². The molecule has 2 aromatic carbocycles. The Labute approximate surface area is 204 Å². The Kier molecular flexibility index (Phi) is 9.16. The summed E-state index contributed by atoms with van der Waals surface area (Å²) in [5.41, 5.74) is 1.80. The van der Waals surface area contributed by atoms with Gasteiger partial charge in [0.05, 0.1) is 18.7 Å². The lowest BCUT2D eigenvalue weighted by Crippen LogP contribution is -2.22. The number of aryl methyl sites for hydroxylation is 2. The fourth-order valence-electron chi connectivity index (χ4n) is 3.94. The van der Waals surface area contributed by atoms with Crippen LogP contribution in [-0.2, 0) is 28.9 Å². The quantitative estimate of drug-likeness (QED) is 0.338. The summed E-state index contributed by atoms with van der Waals surface area (Å²) >= 11 is 0. The highest BCUT2D eigenvalue weighted by Gasteiger charge is 2.15. The molecular formula is C28H30F2N2O3. The molecule has 5 nitrogen and oxygen atoms in total. The van der Waals surface area contributed by atoms with E-state index in [9.17, 15) is 18.4 Å². The lowest BCUT2D eigenvalue weighted by Gasteiger charge is -2.17. The molecule has 0 N–H and O–H groups in total. The largest absolute Gasteiger partial charge is 0.465 e.